The van der Waals surface area contributed by atoms with Crippen LogP contribution in [0.15, 0.2) is 54.0 Å². The SMILES string of the molecule is C=CCn1c2cc(C)sc2c2cnn(CC[C@@H](C)Nc3ccccc3OC)c(=O)c21. The number of nitrogens with one attached hydrogen (secondary N) is 1. The van der Waals surface area contributed by atoms with E-state index in [4.69, 9.17) is 4.74 Å². The minimum atomic E-state index is -0.0557. The van der Waals surface area contributed by atoms with Crippen molar-refractivity contribution in [2.24, 2.45) is 0 Å². The summed E-state index contributed by atoms with van der Waals surface area (Å²) in [4.78, 5) is 14.5. The Hall–Kier alpha value is -3.06. The second-order valence-corrected chi connectivity index (χ2v) is 8.70. The van der Waals surface area contributed by atoms with E-state index in [0.29, 0.717) is 18.6 Å². The standard InChI is InChI=1S/C23H26N4O2S/c1-5-11-26-19-13-16(3)30-22(19)17-14-24-27(23(28)21(17)26)12-10-15(2)25-18-8-6-7-9-20(18)29-4/h5-9,13-15,25H,1,10-12H2,2-4H3/t15-/m1/s1. The summed E-state index contributed by atoms with van der Waals surface area (Å²) in [6.45, 7) is 9.17. The minimum Gasteiger partial charge on any atom is -0.495 e. The molecular weight excluding hydrogens is 396 g/mol. The Labute approximate surface area is 179 Å². The Morgan fingerprint density at radius 1 is 1.37 bits per heavy atom. The number of anilines is 1. The Bertz CT molecular complexity index is 1270. The first-order chi connectivity index (χ1) is 14.5. The van der Waals surface area contributed by atoms with Gasteiger partial charge in [0.15, 0.2) is 0 Å². The first-order valence-corrected chi connectivity index (χ1v) is 10.8. The van der Waals surface area contributed by atoms with Gasteiger partial charge in [0.1, 0.15) is 11.3 Å². The number of benzene rings is 1. The third-order valence-corrected chi connectivity index (χ3v) is 6.33. The topological polar surface area (TPSA) is 61.1 Å². The molecule has 0 aliphatic heterocycles. The van der Waals surface area contributed by atoms with Gasteiger partial charge in [-0.3, -0.25) is 4.79 Å². The Morgan fingerprint density at radius 3 is 2.93 bits per heavy atom. The number of aromatic nitrogens is 3. The number of ether oxygens (including phenoxy) is 1. The lowest BCUT2D eigenvalue weighted by atomic mass is 10.2. The maximum atomic E-state index is 13.3. The number of nitrogens with zero attached hydrogens (tertiary/aromatic N) is 3. The molecule has 156 valence electrons. The molecule has 3 heterocycles. The molecule has 0 saturated heterocycles. The summed E-state index contributed by atoms with van der Waals surface area (Å²) in [6, 6.07) is 10.1. The highest BCUT2D eigenvalue weighted by molar-refractivity contribution is 7.20. The second kappa shape index (κ2) is 8.36. The average Bonchev–Trinajstić information content (AvgIpc) is 3.24. The van der Waals surface area contributed by atoms with Crippen molar-refractivity contribution in [1.29, 1.82) is 0 Å². The molecule has 1 aromatic carbocycles. The molecule has 0 fully saturated rings. The van der Waals surface area contributed by atoms with Gasteiger partial charge >= 0.3 is 0 Å². The summed E-state index contributed by atoms with van der Waals surface area (Å²) in [5.74, 6) is 0.804. The largest absolute Gasteiger partial charge is 0.495 e. The molecule has 0 radical (unpaired) electrons. The minimum absolute atomic E-state index is 0.0557. The fourth-order valence-electron chi connectivity index (χ4n) is 3.82. The van der Waals surface area contributed by atoms with Gasteiger partial charge in [-0.05, 0) is 38.5 Å². The van der Waals surface area contributed by atoms with Crippen molar-refractivity contribution >= 4 is 38.1 Å². The molecule has 1 N–H and O–H groups in total. The zero-order chi connectivity index (χ0) is 21.3. The molecule has 0 aliphatic carbocycles. The van der Waals surface area contributed by atoms with Gasteiger partial charge in [0.05, 0.1) is 29.2 Å². The van der Waals surface area contributed by atoms with Crippen LogP contribution in [-0.2, 0) is 13.1 Å². The van der Waals surface area contributed by atoms with E-state index in [-0.39, 0.29) is 11.6 Å². The van der Waals surface area contributed by atoms with Gasteiger partial charge in [-0.2, -0.15) is 5.10 Å². The normalized spacial score (nSPS) is 12.4. The van der Waals surface area contributed by atoms with Gasteiger partial charge in [0.2, 0.25) is 0 Å². The Kier molecular flexibility index (Phi) is 5.63. The van der Waals surface area contributed by atoms with Crippen LogP contribution in [0, 0.1) is 6.92 Å². The van der Waals surface area contributed by atoms with Crippen molar-refractivity contribution in [3.8, 4) is 5.75 Å². The van der Waals surface area contributed by atoms with Crippen LogP contribution < -0.4 is 15.6 Å². The number of methoxy groups -OCH3 is 1. The van der Waals surface area contributed by atoms with Crippen molar-refractivity contribution in [3.63, 3.8) is 0 Å². The van der Waals surface area contributed by atoms with Gasteiger partial charge < -0.3 is 14.6 Å². The summed E-state index contributed by atoms with van der Waals surface area (Å²) >= 11 is 1.70. The van der Waals surface area contributed by atoms with Crippen LogP contribution in [0.5, 0.6) is 5.75 Å². The fraction of sp³-hybridized carbons (Fsp3) is 0.304. The molecular formula is C23H26N4O2S. The molecule has 30 heavy (non-hydrogen) atoms. The summed E-state index contributed by atoms with van der Waals surface area (Å²) in [7, 11) is 1.66. The van der Waals surface area contributed by atoms with Crippen LogP contribution in [0.3, 0.4) is 0 Å². The van der Waals surface area contributed by atoms with E-state index >= 15 is 0 Å². The second-order valence-electron chi connectivity index (χ2n) is 7.44. The third kappa shape index (κ3) is 3.61. The summed E-state index contributed by atoms with van der Waals surface area (Å²) < 4.78 is 10.1. The van der Waals surface area contributed by atoms with Crippen LogP contribution >= 0.6 is 11.3 Å². The lowest BCUT2D eigenvalue weighted by Crippen LogP contribution is -2.27. The van der Waals surface area contributed by atoms with Gasteiger partial charge in [-0.15, -0.1) is 17.9 Å². The molecule has 0 unspecified atom stereocenters. The number of aryl methyl sites for hydroxylation is 2. The monoisotopic (exact) mass is 422 g/mol. The number of allylic oxidation sites excluding steroid dienone is 1. The molecule has 0 aliphatic rings. The number of para-hydroxylation sites is 2. The van der Waals surface area contributed by atoms with Crippen LogP contribution in [-0.4, -0.2) is 27.5 Å². The molecule has 0 saturated carbocycles. The highest BCUT2D eigenvalue weighted by Crippen LogP contribution is 2.33. The van der Waals surface area contributed by atoms with E-state index in [9.17, 15) is 4.79 Å². The first-order valence-electron chi connectivity index (χ1n) is 10.0. The predicted molar refractivity (Wildman–Crippen MR) is 125 cm³/mol. The molecule has 4 rings (SSSR count). The van der Waals surface area contributed by atoms with Crippen molar-refractivity contribution in [1.82, 2.24) is 14.3 Å². The van der Waals surface area contributed by atoms with E-state index in [2.05, 4.69) is 41.5 Å². The molecule has 6 nitrogen and oxygen atoms in total. The number of hydrogen-bond donors (Lipinski definition) is 1. The zero-order valence-corrected chi connectivity index (χ0v) is 18.3. The highest BCUT2D eigenvalue weighted by atomic mass is 32.1. The van der Waals surface area contributed by atoms with Gasteiger partial charge in [-0.25, -0.2) is 4.68 Å². The lowest BCUT2D eigenvalue weighted by molar-refractivity contribution is 0.415. The first kappa shape index (κ1) is 20.2. The van der Waals surface area contributed by atoms with Crippen molar-refractivity contribution in [2.75, 3.05) is 12.4 Å². The fourth-order valence-corrected chi connectivity index (χ4v) is 4.84. The molecule has 1 atom stereocenters. The smallest absolute Gasteiger partial charge is 0.291 e. The Morgan fingerprint density at radius 2 is 2.17 bits per heavy atom. The average molecular weight is 423 g/mol. The van der Waals surface area contributed by atoms with E-state index in [1.165, 1.54) is 4.88 Å². The quantitative estimate of drug-likeness (QED) is 0.414. The number of fused-ring (bicyclic) bond motifs is 3. The van der Waals surface area contributed by atoms with E-state index in [1.807, 2.05) is 36.5 Å². The summed E-state index contributed by atoms with van der Waals surface area (Å²) in [6.07, 6.45) is 4.41. The summed E-state index contributed by atoms with van der Waals surface area (Å²) in [5.41, 5.74) is 2.67. The molecule has 4 aromatic rings. The van der Waals surface area contributed by atoms with Gasteiger partial charge in [0.25, 0.3) is 5.56 Å². The lowest BCUT2D eigenvalue weighted by Gasteiger charge is -2.17. The van der Waals surface area contributed by atoms with Crippen molar-refractivity contribution < 1.29 is 4.74 Å². The molecule has 0 amide bonds. The van der Waals surface area contributed by atoms with E-state index in [0.717, 1.165) is 33.5 Å². The number of rotatable bonds is 8. The summed E-state index contributed by atoms with van der Waals surface area (Å²) in [5, 5.41) is 8.85. The highest BCUT2D eigenvalue weighted by Gasteiger charge is 2.17. The maximum absolute atomic E-state index is 13.3. The van der Waals surface area contributed by atoms with Crippen LogP contribution in [0.25, 0.3) is 21.1 Å². The van der Waals surface area contributed by atoms with Crippen LogP contribution in [0.1, 0.15) is 18.2 Å². The van der Waals surface area contributed by atoms with Crippen LogP contribution in [0.4, 0.5) is 5.69 Å². The zero-order valence-electron chi connectivity index (χ0n) is 17.5. The molecule has 3 aromatic heterocycles. The van der Waals surface area contributed by atoms with Gasteiger partial charge in [0, 0.05) is 29.4 Å². The predicted octanol–water partition coefficient (Wildman–Crippen LogP) is 4.81. The molecule has 0 bridgehead atoms. The van der Waals surface area contributed by atoms with Crippen molar-refractivity contribution in [3.05, 3.63) is 64.4 Å². The number of thiophene rings is 1. The Balaban J connectivity index is 1.60. The van der Waals surface area contributed by atoms with Crippen LogP contribution in [0.2, 0.25) is 0 Å². The van der Waals surface area contributed by atoms with E-state index in [1.54, 1.807) is 23.1 Å². The maximum Gasteiger partial charge on any atom is 0.291 e. The molecule has 7 heteroatoms. The van der Waals surface area contributed by atoms with E-state index < -0.39 is 0 Å². The number of hydrogen-bond acceptors (Lipinski definition) is 5. The van der Waals surface area contributed by atoms with Gasteiger partial charge in [-0.1, -0.05) is 18.2 Å². The molecule has 0 spiro atoms. The third-order valence-electron chi connectivity index (χ3n) is 5.25. The van der Waals surface area contributed by atoms with Crippen molar-refractivity contribution in [2.45, 2.75) is 39.4 Å².